The number of aliphatic hydroxyl groups excluding tert-OH is 1. The molecule has 1 unspecified atom stereocenters. The number of piperidine rings is 1. The molecular formula is C29H35N5O4. The van der Waals surface area contributed by atoms with Crippen molar-refractivity contribution in [1.29, 1.82) is 0 Å². The highest BCUT2D eigenvalue weighted by atomic mass is 16.5. The lowest BCUT2D eigenvalue weighted by atomic mass is 9.78. The number of pyridine rings is 1. The lowest BCUT2D eigenvalue weighted by Gasteiger charge is -2.40. The Morgan fingerprint density at radius 2 is 1.87 bits per heavy atom. The number of anilines is 1. The van der Waals surface area contributed by atoms with E-state index in [1.165, 1.54) is 5.56 Å². The molecule has 0 radical (unpaired) electrons. The number of hydrogen-bond donors (Lipinski definition) is 1. The van der Waals surface area contributed by atoms with E-state index in [2.05, 4.69) is 53.8 Å². The number of benzene rings is 1. The van der Waals surface area contributed by atoms with Crippen LogP contribution in [0.4, 0.5) is 6.01 Å². The molecule has 3 aliphatic heterocycles. The van der Waals surface area contributed by atoms with Crippen molar-refractivity contribution in [2.24, 2.45) is 0 Å². The summed E-state index contributed by atoms with van der Waals surface area (Å²) in [6, 6.07) is 10.3. The van der Waals surface area contributed by atoms with Crippen molar-refractivity contribution in [3.05, 3.63) is 53.5 Å². The fourth-order valence-corrected chi connectivity index (χ4v) is 5.78. The van der Waals surface area contributed by atoms with Gasteiger partial charge in [0, 0.05) is 67.0 Å². The van der Waals surface area contributed by atoms with E-state index in [1.807, 2.05) is 30.5 Å². The maximum absolute atomic E-state index is 12.7. The van der Waals surface area contributed by atoms with Crippen molar-refractivity contribution in [1.82, 2.24) is 20.0 Å². The first kappa shape index (κ1) is 24.9. The smallest absolute Gasteiger partial charge is 0.324 e. The molecule has 9 heteroatoms. The van der Waals surface area contributed by atoms with E-state index in [1.54, 1.807) is 4.90 Å². The summed E-state index contributed by atoms with van der Waals surface area (Å²) in [4.78, 5) is 25.9. The minimum atomic E-state index is -0.422. The summed E-state index contributed by atoms with van der Waals surface area (Å²) in [5.41, 5.74) is 3.19. The topological polar surface area (TPSA) is 105 Å². The molecule has 1 spiro atoms. The minimum absolute atomic E-state index is 0.0412. The van der Waals surface area contributed by atoms with E-state index in [4.69, 9.17) is 9.26 Å². The molecule has 2 saturated heterocycles. The summed E-state index contributed by atoms with van der Waals surface area (Å²) in [6.45, 7) is 11.0. The second-order valence-electron chi connectivity index (χ2n) is 11.9. The molecule has 1 N–H and O–H groups in total. The number of ether oxygens (including phenoxy) is 1. The zero-order valence-electron chi connectivity index (χ0n) is 22.5. The molecule has 5 heterocycles. The van der Waals surface area contributed by atoms with Crippen LogP contribution in [0.25, 0.3) is 11.3 Å². The SMILES string of the molecule is CC1c2cc(-c3ccc(C(=O)N4CC[C@@H](O)C4)cc3)ncc2OC12CCN(c1nc(C(C)(C)C)no1)CC2. The molecule has 0 aliphatic carbocycles. The number of amides is 1. The maximum atomic E-state index is 12.7. The van der Waals surface area contributed by atoms with Gasteiger partial charge in [-0.15, -0.1) is 0 Å². The molecule has 38 heavy (non-hydrogen) atoms. The number of rotatable bonds is 3. The molecule has 3 aliphatic rings. The average molecular weight is 518 g/mol. The molecule has 0 bridgehead atoms. The molecule has 200 valence electrons. The number of β-amino-alcohol motifs (C(OH)–C–C–N with tert-alkyl or cyclic N) is 1. The summed E-state index contributed by atoms with van der Waals surface area (Å²) in [5.74, 6) is 1.75. The van der Waals surface area contributed by atoms with E-state index in [9.17, 15) is 9.90 Å². The quantitative estimate of drug-likeness (QED) is 0.552. The van der Waals surface area contributed by atoms with Crippen LogP contribution in [0.15, 0.2) is 41.1 Å². The lowest BCUT2D eigenvalue weighted by Crippen LogP contribution is -2.49. The van der Waals surface area contributed by atoms with Crippen LogP contribution >= 0.6 is 0 Å². The monoisotopic (exact) mass is 517 g/mol. The first-order valence-electron chi connectivity index (χ1n) is 13.5. The van der Waals surface area contributed by atoms with Crippen molar-refractivity contribution >= 4 is 11.9 Å². The van der Waals surface area contributed by atoms with Crippen LogP contribution in [0, 0.1) is 0 Å². The normalized spacial score (nSPS) is 22.6. The van der Waals surface area contributed by atoms with Crippen LogP contribution in [-0.2, 0) is 5.41 Å². The number of carbonyl (C=O) groups is 1. The van der Waals surface area contributed by atoms with Gasteiger partial charge in [0.05, 0.1) is 18.0 Å². The van der Waals surface area contributed by atoms with Crippen molar-refractivity contribution in [2.45, 2.75) is 70.0 Å². The maximum Gasteiger partial charge on any atom is 0.324 e. The second kappa shape index (κ2) is 9.08. The minimum Gasteiger partial charge on any atom is -0.485 e. The predicted molar refractivity (Wildman–Crippen MR) is 142 cm³/mol. The summed E-state index contributed by atoms with van der Waals surface area (Å²) >= 11 is 0. The Morgan fingerprint density at radius 3 is 2.50 bits per heavy atom. The van der Waals surface area contributed by atoms with E-state index >= 15 is 0 Å². The first-order valence-corrected chi connectivity index (χ1v) is 13.5. The number of hydrogen-bond acceptors (Lipinski definition) is 8. The van der Waals surface area contributed by atoms with Crippen molar-refractivity contribution in [3.63, 3.8) is 0 Å². The van der Waals surface area contributed by atoms with Crippen LogP contribution < -0.4 is 9.64 Å². The van der Waals surface area contributed by atoms with Gasteiger partial charge < -0.3 is 24.2 Å². The van der Waals surface area contributed by atoms with Gasteiger partial charge >= 0.3 is 6.01 Å². The molecule has 1 aromatic carbocycles. The van der Waals surface area contributed by atoms with Crippen LogP contribution in [-0.4, -0.2) is 68.9 Å². The van der Waals surface area contributed by atoms with Crippen LogP contribution in [0.3, 0.4) is 0 Å². The van der Waals surface area contributed by atoms with E-state index in [-0.39, 0.29) is 22.8 Å². The van der Waals surface area contributed by atoms with Gasteiger partial charge in [-0.2, -0.15) is 4.98 Å². The third-order valence-electron chi connectivity index (χ3n) is 8.31. The molecule has 2 aromatic heterocycles. The largest absolute Gasteiger partial charge is 0.485 e. The zero-order valence-corrected chi connectivity index (χ0v) is 22.5. The first-order chi connectivity index (χ1) is 18.1. The second-order valence-corrected chi connectivity index (χ2v) is 11.9. The Hall–Kier alpha value is -3.46. The Bertz CT molecular complexity index is 1340. The predicted octanol–water partition coefficient (Wildman–Crippen LogP) is 4.17. The number of likely N-dealkylation sites (tertiary alicyclic amines) is 1. The molecule has 6 rings (SSSR count). The Labute approximate surface area is 222 Å². The molecule has 2 atom stereocenters. The molecular weight excluding hydrogens is 482 g/mol. The van der Waals surface area contributed by atoms with Gasteiger partial charge in [-0.25, -0.2) is 0 Å². The van der Waals surface area contributed by atoms with Crippen molar-refractivity contribution in [2.75, 3.05) is 31.1 Å². The highest BCUT2D eigenvalue weighted by molar-refractivity contribution is 5.94. The number of nitrogens with zero attached hydrogens (tertiary/aromatic N) is 5. The van der Waals surface area contributed by atoms with Crippen molar-refractivity contribution < 1.29 is 19.2 Å². The summed E-state index contributed by atoms with van der Waals surface area (Å²) < 4.78 is 12.1. The van der Waals surface area contributed by atoms with Gasteiger partial charge in [-0.1, -0.05) is 45.0 Å². The molecule has 9 nitrogen and oxygen atoms in total. The fourth-order valence-electron chi connectivity index (χ4n) is 5.78. The summed E-state index contributed by atoms with van der Waals surface area (Å²) in [6.07, 6.45) is 3.76. The number of carbonyl (C=O) groups excluding carboxylic acids is 1. The fraction of sp³-hybridized carbons (Fsp3) is 0.517. The van der Waals surface area contributed by atoms with Gasteiger partial charge in [-0.3, -0.25) is 9.78 Å². The van der Waals surface area contributed by atoms with E-state index in [0.29, 0.717) is 31.1 Å². The Balaban J connectivity index is 1.15. The van der Waals surface area contributed by atoms with E-state index < -0.39 is 6.10 Å². The van der Waals surface area contributed by atoms with Gasteiger partial charge in [0.2, 0.25) is 0 Å². The van der Waals surface area contributed by atoms with Crippen LogP contribution in [0.1, 0.15) is 74.6 Å². The Morgan fingerprint density at radius 1 is 1.13 bits per heavy atom. The van der Waals surface area contributed by atoms with Crippen molar-refractivity contribution in [3.8, 4) is 17.0 Å². The number of aromatic nitrogens is 3. The van der Waals surface area contributed by atoms with Gasteiger partial charge in [-0.05, 0) is 24.6 Å². The highest BCUT2D eigenvalue weighted by Crippen LogP contribution is 2.50. The highest BCUT2D eigenvalue weighted by Gasteiger charge is 2.48. The lowest BCUT2D eigenvalue weighted by molar-refractivity contribution is 0.0453. The van der Waals surface area contributed by atoms with E-state index in [0.717, 1.165) is 48.8 Å². The van der Waals surface area contributed by atoms with Gasteiger partial charge in [0.1, 0.15) is 11.4 Å². The summed E-state index contributed by atoms with van der Waals surface area (Å²) in [5, 5.41) is 13.9. The number of aliphatic hydroxyl groups is 1. The molecule has 1 amide bonds. The number of fused-ring (bicyclic) bond motifs is 1. The third kappa shape index (κ3) is 4.32. The zero-order chi connectivity index (χ0) is 26.7. The van der Waals surface area contributed by atoms with Gasteiger partial charge in [0.25, 0.3) is 5.91 Å². The molecule has 2 fully saturated rings. The van der Waals surface area contributed by atoms with Gasteiger partial charge in [0.15, 0.2) is 5.82 Å². The molecule has 3 aromatic rings. The van der Waals surface area contributed by atoms with Crippen LogP contribution in [0.2, 0.25) is 0 Å². The third-order valence-corrected chi connectivity index (χ3v) is 8.31. The standard InChI is InChI=1S/C29H35N5O4/c1-18-22-15-23(19-5-7-20(8-6-19)25(36)34-12-9-21(35)17-34)30-16-24(22)37-29(18)10-13-33(14-11-29)27-31-26(32-38-27)28(2,3)4/h5-8,15-16,18,21,35H,9-14,17H2,1-4H3/t18?,21-/m1/s1. The average Bonchev–Trinajstić information content (AvgIpc) is 3.63. The Kier molecular flexibility index (Phi) is 5.94. The summed E-state index contributed by atoms with van der Waals surface area (Å²) in [7, 11) is 0. The van der Waals surface area contributed by atoms with Crippen LogP contribution in [0.5, 0.6) is 5.75 Å². The molecule has 0 saturated carbocycles.